The number of likely N-dealkylation sites (N-methyl/N-ethyl adjacent to an activating group) is 1. The number of pyridine rings is 2. The number of carboxylic acids is 3. The second-order valence-electron chi connectivity index (χ2n) is 9.16. The number of hydrogen-bond donors (Lipinski definition) is 4. The van der Waals surface area contributed by atoms with Crippen LogP contribution in [0.1, 0.15) is 49.7 Å². The predicted octanol–water partition coefficient (Wildman–Crippen LogP) is 2.02. The molecule has 2 aromatic heterocycles. The molecule has 0 amide bonds. The fraction of sp³-hybridized carbons (Fsp3) is 0.500. The molecule has 0 saturated carbocycles. The quantitative estimate of drug-likeness (QED) is 0.326. The standard InChI is InChI=1S/C20H28N4.C6H8O7/c1-3-24-13-7-11-20(24)16-23(14-18-9-4-5-12-21-18)15-19-10-6-8-17(2)22-19;7-3(8)1-6(13,5(11)12)2-4(9)10/h4-6,8-10,12,20H,3,7,11,13-16H2,1-2H3;13H,1-2H2,(H,7,8)(H,9,10)(H,11,12). The van der Waals surface area contributed by atoms with E-state index in [1.54, 1.807) is 0 Å². The molecule has 0 aliphatic carbocycles. The average Bonchev–Trinajstić information content (AvgIpc) is 3.26. The first kappa shape index (κ1) is 29.8. The van der Waals surface area contributed by atoms with Gasteiger partial charge in [-0.1, -0.05) is 19.1 Å². The minimum absolute atomic E-state index is 0.656. The fourth-order valence-corrected chi connectivity index (χ4v) is 4.35. The zero-order valence-electron chi connectivity index (χ0n) is 21.3. The Bertz CT molecular complexity index is 1020. The minimum atomic E-state index is -2.74. The molecule has 1 unspecified atom stereocenters. The van der Waals surface area contributed by atoms with Gasteiger partial charge in [0, 0.05) is 37.6 Å². The molecule has 1 aliphatic rings. The van der Waals surface area contributed by atoms with Gasteiger partial charge in [-0.2, -0.15) is 0 Å². The zero-order chi connectivity index (χ0) is 27.4. The predicted molar refractivity (Wildman–Crippen MR) is 135 cm³/mol. The van der Waals surface area contributed by atoms with E-state index in [4.69, 9.17) is 25.4 Å². The van der Waals surface area contributed by atoms with E-state index >= 15 is 0 Å². The third kappa shape index (κ3) is 10.2. The first-order valence-corrected chi connectivity index (χ1v) is 12.2. The van der Waals surface area contributed by atoms with Crippen LogP contribution in [0.15, 0.2) is 42.6 Å². The van der Waals surface area contributed by atoms with Gasteiger partial charge in [-0.25, -0.2) is 4.79 Å². The zero-order valence-corrected chi connectivity index (χ0v) is 21.3. The monoisotopic (exact) mass is 516 g/mol. The number of aromatic nitrogens is 2. The van der Waals surface area contributed by atoms with Gasteiger partial charge in [0.05, 0.1) is 24.2 Å². The molecule has 0 aromatic carbocycles. The Morgan fingerprint density at radius 2 is 1.68 bits per heavy atom. The molecule has 11 nitrogen and oxygen atoms in total. The summed E-state index contributed by atoms with van der Waals surface area (Å²) in [5.41, 5.74) is 0.622. The van der Waals surface area contributed by atoms with Crippen molar-refractivity contribution in [3.8, 4) is 0 Å². The summed E-state index contributed by atoms with van der Waals surface area (Å²) in [4.78, 5) is 44.8. The molecule has 1 atom stereocenters. The van der Waals surface area contributed by atoms with Gasteiger partial charge in [0.25, 0.3) is 0 Å². The van der Waals surface area contributed by atoms with Crippen molar-refractivity contribution in [2.45, 2.75) is 64.3 Å². The summed E-state index contributed by atoms with van der Waals surface area (Å²) in [5.74, 6) is -5.02. The summed E-state index contributed by atoms with van der Waals surface area (Å²) in [6.07, 6.45) is 2.21. The Kier molecular flexibility index (Phi) is 11.6. The van der Waals surface area contributed by atoms with Gasteiger partial charge in [0.2, 0.25) is 0 Å². The highest BCUT2D eigenvalue weighted by atomic mass is 16.4. The van der Waals surface area contributed by atoms with Gasteiger partial charge >= 0.3 is 17.9 Å². The number of nitrogens with zero attached hydrogens (tertiary/aromatic N) is 4. The highest BCUT2D eigenvalue weighted by molar-refractivity contribution is 5.88. The van der Waals surface area contributed by atoms with Crippen LogP contribution in [0.3, 0.4) is 0 Å². The van der Waals surface area contributed by atoms with Crippen LogP contribution >= 0.6 is 0 Å². The Morgan fingerprint density at radius 3 is 2.22 bits per heavy atom. The van der Waals surface area contributed by atoms with Crippen molar-refractivity contribution in [1.29, 1.82) is 0 Å². The molecule has 0 radical (unpaired) electrons. The molecule has 3 heterocycles. The Morgan fingerprint density at radius 1 is 1.03 bits per heavy atom. The lowest BCUT2D eigenvalue weighted by atomic mass is 9.96. The van der Waals surface area contributed by atoms with Gasteiger partial charge in [0.1, 0.15) is 0 Å². The van der Waals surface area contributed by atoms with Crippen LogP contribution in [0.2, 0.25) is 0 Å². The van der Waals surface area contributed by atoms with Gasteiger partial charge in [-0.3, -0.25) is 29.4 Å². The fourth-order valence-electron chi connectivity index (χ4n) is 4.35. The number of aliphatic carboxylic acids is 3. The number of carboxylic acid groups (broad SMARTS) is 3. The van der Waals surface area contributed by atoms with Crippen molar-refractivity contribution >= 4 is 17.9 Å². The van der Waals surface area contributed by atoms with E-state index in [-0.39, 0.29) is 0 Å². The van der Waals surface area contributed by atoms with Crippen molar-refractivity contribution in [3.05, 3.63) is 59.7 Å². The van der Waals surface area contributed by atoms with E-state index in [1.165, 1.54) is 19.4 Å². The maximum Gasteiger partial charge on any atom is 0.336 e. The number of rotatable bonds is 12. The third-order valence-electron chi connectivity index (χ3n) is 6.10. The van der Waals surface area contributed by atoms with Gasteiger partial charge in [-0.15, -0.1) is 0 Å². The van der Waals surface area contributed by atoms with Crippen LogP contribution in [0, 0.1) is 6.92 Å². The van der Waals surface area contributed by atoms with Gasteiger partial charge in [-0.05, 0) is 57.1 Å². The van der Waals surface area contributed by atoms with E-state index < -0.39 is 36.4 Å². The molecular formula is C26H36N4O7. The average molecular weight is 517 g/mol. The van der Waals surface area contributed by atoms with Crippen LogP contribution in [0.4, 0.5) is 0 Å². The van der Waals surface area contributed by atoms with E-state index in [9.17, 15) is 14.4 Å². The molecule has 202 valence electrons. The lowest BCUT2D eigenvalue weighted by Gasteiger charge is -2.30. The van der Waals surface area contributed by atoms with Crippen molar-refractivity contribution in [3.63, 3.8) is 0 Å². The lowest BCUT2D eigenvalue weighted by Crippen LogP contribution is -2.42. The number of aliphatic hydroxyl groups is 1. The molecular weight excluding hydrogens is 480 g/mol. The normalized spacial score (nSPS) is 15.7. The van der Waals surface area contributed by atoms with Crippen molar-refractivity contribution in [1.82, 2.24) is 19.8 Å². The SMILES string of the molecule is CCN1CCCC1CN(Cc1ccccn1)Cc1cccc(C)n1.O=C(O)CC(O)(CC(=O)O)C(=O)O. The summed E-state index contributed by atoms with van der Waals surface area (Å²) in [6.45, 7) is 9.55. The molecule has 0 spiro atoms. The summed E-state index contributed by atoms with van der Waals surface area (Å²) < 4.78 is 0. The molecule has 0 bridgehead atoms. The van der Waals surface area contributed by atoms with Crippen LogP contribution in [-0.4, -0.2) is 89.4 Å². The topological polar surface area (TPSA) is 164 Å². The summed E-state index contributed by atoms with van der Waals surface area (Å²) in [6, 6.07) is 13.1. The van der Waals surface area contributed by atoms with Crippen LogP contribution < -0.4 is 0 Å². The molecule has 1 saturated heterocycles. The van der Waals surface area contributed by atoms with E-state index in [0.29, 0.717) is 6.04 Å². The van der Waals surface area contributed by atoms with Crippen LogP contribution in [-0.2, 0) is 27.5 Å². The van der Waals surface area contributed by atoms with E-state index in [0.717, 1.165) is 43.3 Å². The maximum absolute atomic E-state index is 10.3. The maximum atomic E-state index is 10.3. The highest BCUT2D eigenvalue weighted by Crippen LogP contribution is 2.20. The number of carbonyl (C=O) groups is 3. The van der Waals surface area contributed by atoms with Crippen molar-refractivity contribution < 1.29 is 34.8 Å². The first-order valence-electron chi connectivity index (χ1n) is 12.2. The number of hydrogen-bond acceptors (Lipinski definition) is 8. The second kappa shape index (κ2) is 14.4. The Balaban J connectivity index is 0.000000317. The molecule has 1 fully saturated rings. The summed E-state index contributed by atoms with van der Waals surface area (Å²) in [5, 5.41) is 33.8. The summed E-state index contributed by atoms with van der Waals surface area (Å²) in [7, 11) is 0. The molecule has 37 heavy (non-hydrogen) atoms. The molecule has 4 N–H and O–H groups in total. The Hall–Kier alpha value is -3.41. The summed E-state index contributed by atoms with van der Waals surface area (Å²) >= 11 is 0. The molecule has 11 heteroatoms. The molecule has 2 aromatic rings. The highest BCUT2D eigenvalue weighted by Gasteiger charge is 2.40. The second-order valence-corrected chi connectivity index (χ2v) is 9.16. The van der Waals surface area contributed by atoms with E-state index in [1.807, 2.05) is 12.3 Å². The van der Waals surface area contributed by atoms with Crippen LogP contribution in [0.25, 0.3) is 0 Å². The lowest BCUT2D eigenvalue weighted by molar-refractivity contribution is -0.170. The van der Waals surface area contributed by atoms with Gasteiger partial charge in [0.15, 0.2) is 5.60 Å². The van der Waals surface area contributed by atoms with Crippen LogP contribution in [0.5, 0.6) is 0 Å². The largest absolute Gasteiger partial charge is 0.481 e. The minimum Gasteiger partial charge on any atom is -0.481 e. The first-order chi connectivity index (χ1) is 17.5. The van der Waals surface area contributed by atoms with Crippen molar-refractivity contribution in [2.75, 3.05) is 19.6 Å². The smallest absolute Gasteiger partial charge is 0.336 e. The third-order valence-corrected chi connectivity index (χ3v) is 6.10. The number of likely N-dealkylation sites (tertiary alicyclic amines) is 1. The van der Waals surface area contributed by atoms with Crippen molar-refractivity contribution in [2.24, 2.45) is 0 Å². The molecule has 1 aliphatic heterocycles. The van der Waals surface area contributed by atoms with E-state index in [2.05, 4.69) is 59.0 Å². The molecule has 3 rings (SSSR count). The van der Waals surface area contributed by atoms with Gasteiger partial charge < -0.3 is 20.4 Å². The Labute approximate surface area is 216 Å². The number of aryl methyl sites for hydroxylation is 1.